The van der Waals surface area contributed by atoms with Gasteiger partial charge in [-0.05, 0) is 80.5 Å². The fourth-order valence-corrected chi connectivity index (χ4v) is 8.16. The number of ether oxygens (including phenoxy) is 1. The van der Waals surface area contributed by atoms with Crippen LogP contribution in [0.4, 0.5) is 21.4 Å². The average molecular weight is 1050 g/mol. The number of aliphatic hydroxyl groups excluding tert-OH is 2. The molecule has 2 N–H and O–H groups in total. The van der Waals surface area contributed by atoms with Crippen molar-refractivity contribution in [1.29, 1.82) is 0 Å². The number of ketones is 2. The first-order valence-electron chi connectivity index (χ1n) is 20.8. The fraction of sp³-hybridized carbons (Fsp3) is 0.170. The van der Waals surface area contributed by atoms with Gasteiger partial charge in [-0.3, -0.25) is 40.0 Å². The molecule has 0 saturated heterocycles. The number of carbonyl (C=O) groups is 2. The molecule has 2 aliphatic carbocycles. The Morgan fingerprint density at radius 3 is 1.84 bits per heavy atom. The number of aliphatic hydroxyl groups is 2. The van der Waals surface area contributed by atoms with Crippen molar-refractivity contribution < 1.29 is 55.7 Å². The van der Waals surface area contributed by atoms with E-state index in [0.717, 1.165) is 83.1 Å². The van der Waals surface area contributed by atoms with Gasteiger partial charge in [0.05, 0.1) is 22.9 Å². The van der Waals surface area contributed by atoms with Gasteiger partial charge < -0.3 is 40.0 Å². The summed E-state index contributed by atoms with van der Waals surface area (Å²) in [7, 11) is 3.88. The van der Waals surface area contributed by atoms with Gasteiger partial charge >= 0.3 is 10.0 Å². The van der Waals surface area contributed by atoms with Crippen molar-refractivity contribution in [2.45, 2.75) is 26.2 Å². The summed E-state index contributed by atoms with van der Waals surface area (Å²) in [6, 6.07) is 23.3. The molecular formula is C47H42ClCoN10O9S2-. The van der Waals surface area contributed by atoms with E-state index in [2.05, 4.69) is 134 Å². The van der Waals surface area contributed by atoms with Crippen LogP contribution in [0, 0.1) is 20.2 Å². The van der Waals surface area contributed by atoms with Gasteiger partial charge in [-0.15, -0.1) is 0 Å². The number of aromatic nitrogens is 2. The van der Waals surface area contributed by atoms with Crippen molar-refractivity contribution in [3.8, 4) is 5.75 Å². The second-order valence-corrected chi connectivity index (χ2v) is 17.0. The molecule has 70 heavy (non-hydrogen) atoms. The molecule has 0 spiro atoms. The summed E-state index contributed by atoms with van der Waals surface area (Å²) in [5.74, 6) is -0.192. The summed E-state index contributed by atoms with van der Waals surface area (Å²) in [5.41, 5.74) is 7.49. The maximum absolute atomic E-state index is 10.9. The maximum atomic E-state index is 10.9. The zero-order valence-corrected chi connectivity index (χ0v) is 41.0. The third kappa shape index (κ3) is 14.0. The molecule has 3 aliphatic rings. The molecule has 8 rings (SSSR count). The fourth-order valence-electron chi connectivity index (χ4n) is 6.88. The van der Waals surface area contributed by atoms with Gasteiger partial charge in [0, 0.05) is 104 Å². The third-order valence-corrected chi connectivity index (χ3v) is 12.1. The second kappa shape index (κ2) is 25.1. The number of carbonyl (C=O) groups excluding carboxylic acids is 2. The Kier molecular flexibility index (Phi) is 19.1. The van der Waals surface area contributed by atoms with Crippen LogP contribution >= 0.6 is 34.3 Å². The van der Waals surface area contributed by atoms with Crippen molar-refractivity contribution in [3.05, 3.63) is 185 Å². The monoisotopic (exact) mass is 1050 g/mol. The molecule has 0 bridgehead atoms. The van der Waals surface area contributed by atoms with E-state index in [4.69, 9.17) is 16.3 Å². The zero-order chi connectivity index (χ0) is 49.6. The summed E-state index contributed by atoms with van der Waals surface area (Å²) in [6.07, 6.45) is 14.5. The van der Waals surface area contributed by atoms with Gasteiger partial charge in [-0.2, -0.15) is 4.58 Å². The Hall–Kier alpha value is -7.63. The van der Waals surface area contributed by atoms with Gasteiger partial charge in [0.2, 0.25) is 5.69 Å². The number of thiazole rings is 2. The molecule has 1 atom stereocenters. The van der Waals surface area contributed by atoms with E-state index in [1.807, 2.05) is 6.07 Å². The summed E-state index contributed by atoms with van der Waals surface area (Å²) in [5, 5.41) is 54.6. The van der Waals surface area contributed by atoms with Crippen LogP contribution in [0.15, 0.2) is 154 Å². The first kappa shape index (κ1) is 53.3. The number of rotatable bonds is 12. The van der Waals surface area contributed by atoms with E-state index in [1.54, 1.807) is 7.11 Å². The van der Waals surface area contributed by atoms with Crippen LogP contribution in [0.2, 0.25) is 5.02 Å². The van der Waals surface area contributed by atoms with E-state index in [0.29, 0.717) is 0 Å². The van der Waals surface area contributed by atoms with E-state index in [9.17, 15) is 40.0 Å². The van der Waals surface area contributed by atoms with Crippen LogP contribution in [0.25, 0.3) is 6.08 Å². The molecule has 5 aromatic rings. The van der Waals surface area contributed by atoms with Crippen molar-refractivity contribution in [3.63, 3.8) is 0 Å². The quantitative estimate of drug-likeness (QED) is 0.0524. The Morgan fingerprint density at radius 1 is 0.800 bits per heavy atom. The SMILES string of the molecule is CCN(CC)c1ccc(/C=C/C2=[N+](C)c3ccc(Cl)cc3C2Cc2ccccc2)c(OC)c1.O=C1C=CC(=NN=c2[n-]cc([N+](=O)[O-])s2)C(O)=C1.O=C1C=CC(=NN=c2[n-]cc([N+](=O)[O-])s2)C(O)=C1.[Co]. The number of halogens is 1. The normalized spacial score (nSPS) is 16.6. The predicted octanol–water partition coefficient (Wildman–Crippen LogP) is 7.86. The Balaban J connectivity index is 0.000000210. The second-order valence-electron chi connectivity index (χ2n) is 14.5. The van der Waals surface area contributed by atoms with Crippen molar-refractivity contribution in [2.75, 3.05) is 32.1 Å². The van der Waals surface area contributed by atoms with Crippen molar-refractivity contribution in [2.24, 2.45) is 20.4 Å². The zero-order valence-electron chi connectivity index (χ0n) is 37.6. The number of hydrogen-bond donors (Lipinski definition) is 2. The number of allylic oxidation sites excluding steroid dienone is 7. The third-order valence-electron chi connectivity index (χ3n) is 10.2. The Bertz CT molecular complexity index is 3060. The number of benzene rings is 3. The molecule has 0 saturated carbocycles. The number of nitro groups is 2. The molecule has 3 aromatic carbocycles. The minimum absolute atomic E-state index is 0. The van der Waals surface area contributed by atoms with E-state index in [1.165, 1.54) is 52.5 Å². The molecule has 19 nitrogen and oxygen atoms in total. The Morgan fingerprint density at radius 2 is 1.36 bits per heavy atom. The van der Waals surface area contributed by atoms with Crippen LogP contribution in [-0.2, 0) is 32.8 Å². The van der Waals surface area contributed by atoms with Gasteiger partial charge in [0.25, 0.3) is 0 Å². The minimum Gasteiger partial charge on any atom is -0.506 e. The van der Waals surface area contributed by atoms with Gasteiger partial charge in [-0.25, -0.2) is 0 Å². The predicted molar refractivity (Wildman–Crippen MR) is 265 cm³/mol. The van der Waals surface area contributed by atoms with E-state index in [-0.39, 0.29) is 76.8 Å². The molecule has 1 radical (unpaired) electrons. The Labute approximate surface area is 423 Å². The van der Waals surface area contributed by atoms with Crippen LogP contribution < -0.4 is 29.2 Å². The molecule has 0 amide bonds. The molecular weight excluding hydrogens is 1010 g/mol. The summed E-state index contributed by atoms with van der Waals surface area (Å²) in [4.78, 5) is 51.3. The number of anilines is 1. The molecule has 1 aliphatic heterocycles. The number of hydrogen-bond acceptors (Lipinski definition) is 16. The first-order chi connectivity index (χ1) is 33.2. The standard InChI is InChI=1S/C29H32ClN2O.2C9H6N4O4S.Co/c1-5-32(6-2)24-15-12-22(29(20-24)33-4)13-16-27-25(18-21-10-8-7-9-11-21)26-19-23(30)14-17-28(26)31(27)3;2*14-5-1-2-6(7(15)3-5)11-12-9-10-4-8(18-9)13(16)17;/h7-17,19-20,25H,5-6,18H2,1-4H3;2*1-4H,(H2,10,12,14,15);/q+1;;;/p-2. The number of nitrogens with zero attached hydrogens (tertiary/aromatic N) is 10. The summed E-state index contributed by atoms with van der Waals surface area (Å²) < 4.78 is 8.03. The number of fused-ring (bicyclic) bond motifs is 1. The molecule has 2 aromatic heterocycles. The van der Waals surface area contributed by atoms with Crippen molar-refractivity contribution in [1.82, 2.24) is 9.97 Å². The van der Waals surface area contributed by atoms with E-state index >= 15 is 0 Å². The maximum Gasteiger partial charge on any atom is 0.319 e. The minimum atomic E-state index is -0.583. The smallest absolute Gasteiger partial charge is 0.319 e. The van der Waals surface area contributed by atoms with Gasteiger partial charge in [0.1, 0.15) is 35.7 Å². The van der Waals surface area contributed by atoms with Crippen LogP contribution in [0.3, 0.4) is 0 Å². The molecule has 0 fully saturated rings. The first-order valence-corrected chi connectivity index (χ1v) is 22.8. The molecule has 363 valence electrons. The summed E-state index contributed by atoms with van der Waals surface area (Å²) in [6.45, 7) is 6.29. The molecule has 23 heteroatoms. The topological polar surface area (TPSA) is 254 Å². The van der Waals surface area contributed by atoms with Crippen LogP contribution in [0.1, 0.15) is 36.5 Å². The molecule has 3 heterocycles. The van der Waals surface area contributed by atoms with Crippen LogP contribution in [-0.4, -0.2) is 80.6 Å². The number of methoxy groups -OCH3 is 1. The van der Waals surface area contributed by atoms with E-state index < -0.39 is 9.85 Å². The molecule has 1 unspecified atom stereocenters. The largest absolute Gasteiger partial charge is 0.506 e. The van der Waals surface area contributed by atoms with Gasteiger partial charge in [0.15, 0.2) is 17.3 Å². The van der Waals surface area contributed by atoms with Gasteiger partial charge in [-0.1, -0.05) is 64.6 Å². The summed E-state index contributed by atoms with van der Waals surface area (Å²) >= 11 is 7.91. The van der Waals surface area contributed by atoms with Crippen LogP contribution in [0.5, 0.6) is 5.75 Å². The average Bonchev–Trinajstić information content (AvgIpc) is 4.08. The van der Waals surface area contributed by atoms with Crippen molar-refractivity contribution >= 4 is 90.4 Å².